The molecule has 0 aliphatic carbocycles. The molecule has 1 N–H and O–H groups in total. The van der Waals surface area contributed by atoms with Gasteiger partial charge in [-0.2, -0.15) is 0 Å². The molecule has 3 heterocycles. The minimum absolute atomic E-state index is 0.0997. The Morgan fingerprint density at radius 2 is 1.54 bits per heavy atom. The van der Waals surface area contributed by atoms with Crippen molar-refractivity contribution in [2.24, 2.45) is 11.8 Å². The number of cyclic esters (lactones) is 1. The fourth-order valence-electron chi connectivity index (χ4n) is 7.24. The number of morpholine rings is 1. The molecular weight excluding hydrogens is 492 g/mol. The first-order chi connectivity index (χ1) is 18.9. The fraction of sp³-hybridized carbons (Fsp3) is 0.344. The lowest BCUT2D eigenvalue weighted by atomic mass is 9.64. The smallest absolute Gasteiger partial charge is 0.325 e. The summed E-state index contributed by atoms with van der Waals surface area (Å²) >= 11 is 0. The first-order valence-electron chi connectivity index (χ1n) is 13.6. The number of benzene rings is 3. The normalized spacial score (nSPS) is 29.6. The number of esters is 2. The number of para-hydroxylation sites is 1. The van der Waals surface area contributed by atoms with Crippen LogP contribution in [0.5, 0.6) is 0 Å². The molecule has 7 heteroatoms. The summed E-state index contributed by atoms with van der Waals surface area (Å²) in [6.07, 6.45) is -0.628. The largest absolute Gasteiger partial charge is 0.466 e. The molecular formula is C32H32N2O5. The quantitative estimate of drug-likeness (QED) is 0.483. The number of hydrogen-bond acceptors (Lipinski definition) is 6. The average Bonchev–Trinajstić information content (AvgIpc) is 3.42. The number of fused-ring (bicyclic) bond motifs is 3. The lowest BCUT2D eigenvalue weighted by Gasteiger charge is -2.47. The maximum Gasteiger partial charge on any atom is 0.325 e. The summed E-state index contributed by atoms with van der Waals surface area (Å²) in [6, 6.07) is 25.1. The summed E-state index contributed by atoms with van der Waals surface area (Å²) in [4.78, 5) is 44.3. The molecule has 0 bridgehead atoms. The zero-order chi connectivity index (χ0) is 27.3. The number of nitrogens with one attached hydrogen (secondary N) is 1. The Morgan fingerprint density at radius 3 is 2.18 bits per heavy atom. The summed E-state index contributed by atoms with van der Waals surface area (Å²) in [5.41, 5.74) is 1.84. The Hall–Kier alpha value is -3.97. The summed E-state index contributed by atoms with van der Waals surface area (Å²) in [5, 5.41) is 3.04. The van der Waals surface area contributed by atoms with Gasteiger partial charge in [-0.3, -0.25) is 19.3 Å². The third-order valence-electron chi connectivity index (χ3n) is 8.45. The maximum absolute atomic E-state index is 14.2. The van der Waals surface area contributed by atoms with E-state index in [2.05, 4.69) is 10.2 Å². The highest BCUT2D eigenvalue weighted by molar-refractivity contribution is 6.11. The monoisotopic (exact) mass is 524 g/mol. The Kier molecular flexibility index (Phi) is 6.26. The highest BCUT2D eigenvalue weighted by Crippen LogP contribution is 2.61. The molecule has 3 aromatic rings. The molecule has 6 atom stereocenters. The van der Waals surface area contributed by atoms with Crippen molar-refractivity contribution in [2.75, 3.05) is 11.9 Å². The second-order valence-corrected chi connectivity index (χ2v) is 10.8. The first-order valence-corrected chi connectivity index (χ1v) is 13.6. The van der Waals surface area contributed by atoms with E-state index in [0.29, 0.717) is 5.69 Å². The van der Waals surface area contributed by atoms with Crippen molar-refractivity contribution in [3.8, 4) is 0 Å². The second kappa shape index (κ2) is 9.65. The summed E-state index contributed by atoms with van der Waals surface area (Å²) in [7, 11) is 0. The second-order valence-electron chi connectivity index (χ2n) is 10.8. The number of rotatable bonds is 5. The molecule has 0 unspecified atom stereocenters. The summed E-state index contributed by atoms with van der Waals surface area (Å²) in [6.45, 7) is 5.96. The van der Waals surface area contributed by atoms with Gasteiger partial charge in [0.25, 0.3) is 0 Å². The Balaban J connectivity index is 1.65. The van der Waals surface area contributed by atoms with E-state index in [1.165, 1.54) is 0 Å². The van der Waals surface area contributed by atoms with Crippen LogP contribution in [-0.2, 0) is 29.3 Å². The van der Waals surface area contributed by atoms with Crippen LogP contribution in [0.3, 0.4) is 0 Å². The molecule has 0 radical (unpaired) electrons. The fourth-order valence-corrected chi connectivity index (χ4v) is 7.24. The SMILES string of the molecule is CCOC(=O)[C@H]1[C@@H]2C(=O)O[C@@H](c3ccccc3)[C@@H](c3ccccc3)N2[C@@H](C(C)C)[C@]12C(=O)Nc1ccccc12. The van der Waals surface area contributed by atoms with Crippen LogP contribution in [0, 0.1) is 11.8 Å². The predicted octanol–water partition coefficient (Wildman–Crippen LogP) is 4.80. The van der Waals surface area contributed by atoms with Crippen molar-refractivity contribution in [2.45, 2.75) is 50.4 Å². The van der Waals surface area contributed by atoms with E-state index in [1.807, 2.05) is 98.8 Å². The van der Waals surface area contributed by atoms with Crippen molar-refractivity contribution < 1.29 is 23.9 Å². The Bertz CT molecular complexity index is 1410. The molecule has 7 nitrogen and oxygen atoms in total. The molecule has 2 saturated heterocycles. The van der Waals surface area contributed by atoms with Gasteiger partial charge in [0.05, 0.1) is 12.6 Å². The number of nitrogens with zero attached hydrogens (tertiary/aromatic N) is 1. The molecule has 2 fully saturated rings. The third kappa shape index (κ3) is 3.63. The van der Waals surface area contributed by atoms with E-state index < -0.39 is 47.5 Å². The molecule has 3 aromatic carbocycles. The van der Waals surface area contributed by atoms with Gasteiger partial charge in [-0.1, -0.05) is 92.7 Å². The van der Waals surface area contributed by atoms with Gasteiger partial charge in [-0.05, 0) is 35.6 Å². The van der Waals surface area contributed by atoms with E-state index >= 15 is 0 Å². The zero-order valence-electron chi connectivity index (χ0n) is 22.2. The Labute approximate surface area is 228 Å². The van der Waals surface area contributed by atoms with Crippen molar-refractivity contribution in [1.82, 2.24) is 4.90 Å². The van der Waals surface area contributed by atoms with Gasteiger partial charge >= 0.3 is 11.9 Å². The number of carbonyl (C=O) groups excluding carboxylic acids is 3. The van der Waals surface area contributed by atoms with Crippen LogP contribution >= 0.6 is 0 Å². The maximum atomic E-state index is 14.2. The van der Waals surface area contributed by atoms with Crippen LogP contribution < -0.4 is 5.32 Å². The van der Waals surface area contributed by atoms with Crippen LogP contribution in [0.15, 0.2) is 84.9 Å². The van der Waals surface area contributed by atoms with E-state index in [4.69, 9.17) is 9.47 Å². The molecule has 200 valence electrons. The van der Waals surface area contributed by atoms with Crippen molar-refractivity contribution in [1.29, 1.82) is 0 Å². The predicted molar refractivity (Wildman–Crippen MR) is 146 cm³/mol. The van der Waals surface area contributed by atoms with E-state index in [0.717, 1.165) is 16.7 Å². The van der Waals surface area contributed by atoms with Gasteiger partial charge < -0.3 is 14.8 Å². The first kappa shape index (κ1) is 25.3. The van der Waals surface area contributed by atoms with Crippen molar-refractivity contribution in [3.05, 3.63) is 102 Å². The summed E-state index contributed by atoms with van der Waals surface area (Å²) < 4.78 is 11.8. The number of ether oxygens (including phenoxy) is 2. The number of hydrogen-bond donors (Lipinski definition) is 1. The standard InChI is InChI=1S/C32H32N2O5/c1-4-38-29(35)24-26-30(36)39-27(21-15-9-6-10-16-21)25(20-13-7-5-8-14-20)34(26)28(19(2)3)32(24)22-17-11-12-18-23(22)33-31(32)37/h5-19,24-28H,4H2,1-3H3,(H,33,37)/t24-,25-,26-,27+,28+,32-/m1/s1. The van der Waals surface area contributed by atoms with Crippen molar-refractivity contribution in [3.63, 3.8) is 0 Å². The highest BCUT2D eigenvalue weighted by Gasteiger charge is 2.74. The number of carbonyl (C=O) groups is 3. The summed E-state index contributed by atoms with van der Waals surface area (Å²) in [5.74, 6) is -2.55. The third-order valence-corrected chi connectivity index (χ3v) is 8.45. The Morgan fingerprint density at radius 1 is 0.923 bits per heavy atom. The molecule has 3 aliphatic heterocycles. The molecule has 3 aliphatic rings. The van der Waals surface area contributed by atoms with E-state index in [-0.39, 0.29) is 18.4 Å². The minimum atomic E-state index is -1.33. The molecule has 0 saturated carbocycles. The van der Waals surface area contributed by atoms with Gasteiger partial charge in [0.2, 0.25) is 5.91 Å². The molecule has 1 amide bonds. The van der Waals surface area contributed by atoms with Crippen LogP contribution in [-0.4, -0.2) is 41.4 Å². The van der Waals surface area contributed by atoms with Gasteiger partial charge in [0.15, 0.2) is 0 Å². The number of anilines is 1. The highest BCUT2D eigenvalue weighted by atomic mass is 16.6. The molecule has 39 heavy (non-hydrogen) atoms. The van der Waals surface area contributed by atoms with Gasteiger partial charge in [-0.15, -0.1) is 0 Å². The van der Waals surface area contributed by atoms with Gasteiger partial charge in [0, 0.05) is 11.7 Å². The van der Waals surface area contributed by atoms with Crippen LogP contribution in [0.1, 0.15) is 49.6 Å². The van der Waals surface area contributed by atoms with Crippen molar-refractivity contribution >= 4 is 23.5 Å². The van der Waals surface area contributed by atoms with Crippen LogP contribution in [0.2, 0.25) is 0 Å². The zero-order valence-corrected chi connectivity index (χ0v) is 22.2. The molecule has 6 rings (SSSR count). The van der Waals surface area contributed by atoms with Crippen LogP contribution in [0.25, 0.3) is 0 Å². The number of amides is 1. The minimum Gasteiger partial charge on any atom is -0.466 e. The molecule has 1 spiro atoms. The molecule has 0 aromatic heterocycles. The lowest BCUT2D eigenvalue weighted by Crippen LogP contribution is -2.55. The topological polar surface area (TPSA) is 84.9 Å². The van der Waals surface area contributed by atoms with E-state index in [1.54, 1.807) is 6.92 Å². The van der Waals surface area contributed by atoms with Crippen LogP contribution in [0.4, 0.5) is 5.69 Å². The average molecular weight is 525 g/mol. The van der Waals surface area contributed by atoms with Gasteiger partial charge in [-0.25, -0.2) is 0 Å². The van der Waals surface area contributed by atoms with E-state index in [9.17, 15) is 14.4 Å². The lowest BCUT2D eigenvalue weighted by molar-refractivity contribution is -0.181. The van der Waals surface area contributed by atoms with Gasteiger partial charge in [0.1, 0.15) is 23.5 Å².